The third-order valence-electron chi connectivity index (χ3n) is 4.65. The number of hydrogen-bond donors (Lipinski definition) is 1. The molecule has 0 aromatic rings. The lowest BCUT2D eigenvalue weighted by molar-refractivity contribution is 0.249. The summed E-state index contributed by atoms with van der Waals surface area (Å²) in [6.07, 6.45) is 14.1. The maximum atomic E-state index is 3.73. The SMILES string of the molecule is CCCCCCCCCCN1CCCNC(CC(C)C)C1. The molecule has 1 heterocycles. The summed E-state index contributed by atoms with van der Waals surface area (Å²) in [5.41, 5.74) is 0. The quantitative estimate of drug-likeness (QED) is 0.549. The van der Waals surface area contributed by atoms with Gasteiger partial charge in [0.15, 0.2) is 0 Å². The van der Waals surface area contributed by atoms with E-state index in [4.69, 9.17) is 0 Å². The molecule has 1 aliphatic heterocycles. The Morgan fingerprint density at radius 1 is 1.00 bits per heavy atom. The Morgan fingerprint density at radius 2 is 1.67 bits per heavy atom. The first kappa shape index (κ1) is 19.0. The molecule has 2 nitrogen and oxygen atoms in total. The fraction of sp³-hybridized carbons (Fsp3) is 1.00. The highest BCUT2D eigenvalue weighted by Crippen LogP contribution is 2.12. The van der Waals surface area contributed by atoms with E-state index in [1.54, 1.807) is 0 Å². The molecule has 0 aromatic heterocycles. The van der Waals surface area contributed by atoms with Crippen LogP contribution in [0.4, 0.5) is 0 Å². The Hall–Kier alpha value is -0.0800. The molecular formula is C19H40N2. The van der Waals surface area contributed by atoms with Crippen LogP contribution >= 0.6 is 0 Å². The number of hydrogen-bond acceptors (Lipinski definition) is 2. The molecule has 0 spiro atoms. The Kier molecular flexibility index (Phi) is 11.3. The van der Waals surface area contributed by atoms with Crippen LogP contribution in [0.25, 0.3) is 0 Å². The van der Waals surface area contributed by atoms with E-state index in [0.29, 0.717) is 0 Å². The van der Waals surface area contributed by atoms with E-state index >= 15 is 0 Å². The van der Waals surface area contributed by atoms with E-state index in [1.807, 2.05) is 0 Å². The van der Waals surface area contributed by atoms with Crippen LogP contribution in [0.15, 0.2) is 0 Å². The van der Waals surface area contributed by atoms with Gasteiger partial charge >= 0.3 is 0 Å². The van der Waals surface area contributed by atoms with E-state index in [9.17, 15) is 0 Å². The summed E-state index contributed by atoms with van der Waals surface area (Å²) in [6, 6.07) is 0.724. The minimum atomic E-state index is 0.724. The molecule has 1 fully saturated rings. The molecule has 0 amide bonds. The molecule has 1 rings (SSSR count). The van der Waals surface area contributed by atoms with Crippen LogP contribution in [0.5, 0.6) is 0 Å². The van der Waals surface area contributed by atoms with Crippen LogP contribution in [-0.4, -0.2) is 37.1 Å². The Balaban J connectivity index is 2.04. The summed E-state index contributed by atoms with van der Waals surface area (Å²) < 4.78 is 0. The van der Waals surface area contributed by atoms with Crippen LogP contribution in [-0.2, 0) is 0 Å². The number of rotatable bonds is 11. The van der Waals surface area contributed by atoms with Gasteiger partial charge in [-0.05, 0) is 44.8 Å². The van der Waals surface area contributed by atoms with Gasteiger partial charge in [-0.1, -0.05) is 65.7 Å². The molecule has 1 saturated heterocycles. The van der Waals surface area contributed by atoms with Gasteiger partial charge in [-0.2, -0.15) is 0 Å². The lowest BCUT2D eigenvalue weighted by Gasteiger charge is -2.25. The van der Waals surface area contributed by atoms with Crippen molar-refractivity contribution in [3.63, 3.8) is 0 Å². The van der Waals surface area contributed by atoms with Crippen LogP contribution in [0.2, 0.25) is 0 Å². The molecular weight excluding hydrogens is 256 g/mol. The minimum absolute atomic E-state index is 0.724. The van der Waals surface area contributed by atoms with Gasteiger partial charge in [0.2, 0.25) is 0 Å². The van der Waals surface area contributed by atoms with Crippen molar-refractivity contribution in [2.24, 2.45) is 5.92 Å². The Labute approximate surface area is 134 Å². The van der Waals surface area contributed by atoms with Gasteiger partial charge in [-0.15, -0.1) is 0 Å². The molecule has 0 aliphatic carbocycles. The molecule has 0 bridgehead atoms. The largest absolute Gasteiger partial charge is 0.313 e. The van der Waals surface area contributed by atoms with Crippen molar-refractivity contribution in [1.82, 2.24) is 10.2 Å². The van der Waals surface area contributed by atoms with Gasteiger partial charge in [0.05, 0.1) is 0 Å². The lowest BCUT2D eigenvalue weighted by Crippen LogP contribution is -2.38. The molecule has 0 saturated carbocycles. The van der Waals surface area contributed by atoms with Crippen LogP contribution in [0.1, 0.15) is 85.0 Å². The molecule has 0 radical (unpaired) electrons. The second-order valence-corrected chi connectivity index (χ2v) is 7.41. The molecule has 1 aliphatic rings. The van der Waals surface area contributed by atoms with Gasteiger partial charge in [0.25, 0.3) is 0 Å². The standard InChI is InChI=1S/C19H40N2/c1-4-5-6-7-8-9-10-11-14-21-15-12-13-20-19(17-21)16-18(2)3/h18-20H,4-17H2,1-3H3. The molecule has 0 aromatic carbocycles. The van der Waals surface area contributed by atoms with Gasteiger partial charge < -0.3 is 10.2 Å². The van der Waals surface area contributed by atoms with Gasteiger partial charge in [-0.3, -0.25) is 0 Å². The third-order valence-corrected chi connectivity index (χ3v) is 4.65. The summed E-state index contributed by atoms with van der Waals surface area (Å²) in [6.45, 7) is 12.1. The van der Waals surface area contributed by atoms with Gasteiger partial charge in [0.1, 0.15) is 0 Å². The summed E-state index contributed by atoms with van der Waals surface area (Å²) in [4.78, 5) is 2.71. The first-order chi connectivity index (χ1) is 10.2. The van der Waals surface area contributed by atoms with Crippen molar-refractivity contribution in [1.29, 1.82) is 0 Å². The average molecular weight is 297 g/mol. The maximum absolute atomic E-state index is 3.73. The summed E-state index contributed by atoms with van der Waals surface area (Å²) in [7, 11) is 0. The maximum Gasteiger partial charge on any atom is 0.0197 e. The van der Waals surface area contributed by atoms with Crippen molar-refractivity contribution in [3.8, 4) is 0 Å². The second kappa shape index (κ2) is 12.5. The first-order valence-corrected chi connectivity index (χ1v) is 9.68. The highest BCUT2D eigenvalue weighted by atomic mass is 15.2. The third kappa shape index (κ3) is 10.3. The highest BCUT2D eigenvalue weighted by Gasteiger charge is 2.17. The monoisotopic (exact) mass is 296 g/mol. The molecule has 1 atom stereocenters. The highest BCUT2D eigenvalue weighted by molar-refractivity contribution is 4.77. The number of nitrogens with zero attached hydrogens (tertiary/aromatic N) is 1. The summed E-state index contributed by atoms with van der Waals surface area (Å²) in [5.74, 6) is 0.811. The minimum Gasteiger partial charge on any atom is -0.313 e. The second-order valence-electron chi connectivity index (χ2n) is 7.41. The number of nitrogens with one attached hydrogen (secondary N) is 1. The fourth-order valence-electron chi connectivity index (χ4n) is 3.48. The predicted molar refractivity (Wildman–Crippen MR) is 94.9 cm³/mol. The molecule has 1 N–H and O–H groups in total. The summed E-state index contributed by atoms with van der Waals surface area (Å²) in [5, 5.41) is 3.73. The zero-order chi connectivity index (χ0) is 15.3. The molecule has 21 heavy (non-hydrogen) atoms. The molecule has 1 unspecified atom stereocenters. The normalized spacial score (nSPS) is 20.9. The van der Waals surface area contributed by atoms with Crippen molar-refractivity contribution in [3.05, 3.63) is 0 Å². The average Bonchev–Trinajstić information content (AvgIpc) is 2.66. The number of unbranched alkanes of at least 4 members (excludes halogenated alkanes) is 7. The molecule has 126 valence electrons. The van der Waals surface area contributed by atoms with Crippen molar-refractivity contribution < 1.29 is 0 Å². The lowest BCUT2D eigenvalue weighted by atomic mass is 10.0. The smallest absolute Gasteiger partial charge is 0.0197 e. The van der Waals surface area contributed by atoms with Crippen LogP contribution < -0.4 is 5.32 Å². The fourth-order valence-corrected chi connectivity index (χ4v) is 3.48. The first-order valence-electron chi connectivity index (χ1n) is 9.68. The van der Waals surface area contributed by atoms with Crippen LogP contribution in [0.3, 0.4) is 0 Å². The Bertz CT molecular complexity index is 228. The zero-order valence-electron chi connectivity index (χ0n) is 15.0. The van der Waals surface area contributed by atoms with Gasteiger partial charge in [0, 0.05) is 12.6 Å². The van der Waals surface area contributed by atoms with Crippen molar-refractivity contribution in [2.45, 2.75) is 91.0 Å². The Morgan fingerprint density at radius 3 is 2.33 bits per heavy atom. The van der Waals surface area contributed by atoms with Crippen molar-refractivity contribution in [2.75, 3.05) is 26.2 Å². The van der Waals surface area contributed by atoms with Gasteiger partial charge in [-0.25, -0.2) is 0 Å². The molecule has 2 heteroatoms. The topological polar surface area (TPSA) is 15.3 Å². The van der Waals surface area contributed by atoms with Crippen molar-refractivity contribution >= 4 is 0 Å². The van der Waals surface area contributed by atoms with E-state index in [1.165, 1.54) is 90.4 Å². The zero-order valence-corrected chi connectivity index (χ0v) is 15.0. The van der Waals surface area contributed by atoms with E-state index in [-0.39, 0.29) is 0 Å². The predicted octanol–water partition coefficient (Wildman–Crippen LogP) is 4.84. The van der Waals surface area contributed by atoms with E-state index in [2.05, 4.69) is 31.0 Å². The van der Waals surface area contributed by atoms with E-state index in [0.717, 1.165) is 12.0 Å². The van der Waals surface area contributed by atoms with Crippen LogP contribution in [0, 0.1) is 5.92 Å². The van der Waals surface area contributed by atoms with E-state index < -0.39 is 0 Å². The summed E-state index contributed by atoms with van der Waals surface area (Å²) >= 11 is 0.